The first-order chi connectivity index (χ1) is 9.13. The Hall–Kier alpha value is -2.27. The van der Waals surface area contributed by atoms with Gasteiger partial charge in [0.15, 0.2) is 5.78 Å². The molecule has 1 aromatic heterocycles. The lowest BCUT2D eigenvalue weighted by molar-refractivity contribution is 0.103. The Balaban J connectivity index is 2.05. The van der Waals surface area contributed by atoms with Crippen molar-refractivity contribution in [2.75, 3.05) is 0 Å². The summed E-state index contributed by atoms with van der Waals surface area (Å²) in [5.41, 5.74) is 1.61. The SMILES string of the molecule is O=C(c1ccc(F)cc1)c1ccc2[nH]c(=O)sc2c1. The van der Waals surface area contributed by atoms with Crippen LogP contribution in [0.1, 0.15) is 15.9 Å². The van der Waals surface area contributed by atoms with Gasteiger partial charge in [-0.25, -0.2) is 4.39 Å². The molecule has 0 amide bonds. The van der Waals surface area contributed by atoms with E-state index in [1.165, 1.54) is 24.3 Å². The van der Waals surface area contributed by atoms with Gasteiger partial charge in [0.05, 0.1) is 10.2 Å². The van der Waals surface area contributed by atoms with E-state index in [4.69, 9.17) is 0 Å². The number of aromatic nitrogens is 1. The molecular weight excluding hydrogens is 265 g/mol. The Labute approximate surface area is 111 Å². The van der Waals surface area contributed by atoms with Gasteiger partial charge >= 0.3 is 4.87 Å². The third-order valence-corrected chi connectivity index (χ3v) is 3.63. The first-order valence-corrected chi connectivity index (χ1v) is 6.38. The summed E-state index contributed by atoms with van der Waals surface area (Å²) in [6.07, 6.45) is 0. The molecular formula is C14H8FNO2S. The number of nitrogens with one attached hydrogen (secondary N) is 1. The molecule has 3 rings (SSSR count). The molecule has 3 aromatic rings. The van der Waals surface area contributed by atoms with Gasteiger partial charge in [-0.3, -0.25) is 9.59 Å². The maximum absolute atomic E-state index is 12.8. The number of thiazole rings is 1. The number of fused-ring (bicyclic) bond motifs is 1. The number of aromatic amines is 1. The van der Waals surface area contributed by atoms with E-state index >= 15 is 0 Å². The van der Waals surface area contributed by atoms with Crippen LogP contribution in [0, 0.1) is 5.82 Å². The van der Waals surface area contributed by atoms with Gasteiger partial charge in [0.1, 0.15) is 5.82 Å². The minimum absolute atomic E-state index is 0.151. The first-order valence-electron chi connectivity index (χ1n) is 5.56. The van der Waals surface area contributed by atoms with E-state index < -0.39 is 0 Å². The van der Waals surface area contributed by atoms with Gasteiger partial charge in [-0.05, 0) is 42.5 Å². The maximum atomic E-state index is 12.8. The summed E-state index contributed by atoms with van der Waals surface area (Å²) >= 11 is 1.06. The standard InChI is InChI=1S/C14H8FNO2S/c15-10-4-1-8(2-5-10)13(17)9-3-6-11-12(7-9)19-14(18)16-11/h1-7H,(H,16,18). The van der Waals surface area contributed by atoms with Crippen LogP contribution in [-0.4, -0.2) is 10.8 Å². The average molecular weight is 273 g/mol. The van der Waals surface area contributed by atoms with E-state index in [1.54, 1.807) is 18.2 Å². The highest BCUT2D eigenvalue weighted by atomic mass is 32.1. The molecule has 0 bridgehead atoms. The zero-order valence-corrected chi connectivity index (χ0v) is 10.5. The Morgan fingerprint density at radius 3 is 2.47 bits per heavy atom. The zero-order valence-electron chi connectivity index (χ0n) is 9.64. The van der Waals surface area contributed by atoms with Crippen LogP contribution in [0.5, 0.6) is 0 Å². The number of hydrogen-bond acceptors (Lipinski definition) is 3. The fraction of sp³-hybridized carbons (Fsp3) is 0. The summed E-state index contributed by atoms with van der Waals surface area (Å²) in [6.45, 7) is 0. The largest absolute Gasteiger partial charge is 0.312 e. The van der Waals surface area contributed by atoms with Gasteiger partial charge in [0.2, 0.25) is 0 Å². The zero-order chi connectivity index (χ0) is 13.4. The van der Waals surface area contributed by atoms with Crippen molar-refractivity contribution in [3.05, 3.63) is 69.1 Å². The predicted molar refractivity (Wildman–Crippen MR) is 72.3 cm³/mol. The van der Waals surface area contributed by atoms with Crippen molar-refractivity contribution in [2.45, 2.75) is 0 Å². The molecule has 0 atom stereocenters. The van der Waals surface area contributed by atoms with Crippen LogP contribution in [0.15, 0.2) is 47.3 Å². The highest BCUT2D eigenvalue weighted by molar-refractivity contribution is 7.16. The van der Waals surface area contributed by atoms with Crippen molar-refractivity contribution in [1.82, 2.24) is 4.98 Å². The van der Waals surface area contributed by atoms with Gasteiger partial charge in [-0.1, -0.05) is 11.3 Å². The number of H-pyrrole nitrogens is 1. The summed E-state index contributed by atoms with van der Waals surface area (Å²) < 4.78 is 13.5. The van der Waals surface area contributed by atoms with Crippen molar-refractivity contribution in [1.29, 1.82) is 0 Å². The van der Waals surface area contributed by atoms with Crippen LogP contribution in [0.2, 0.25) is 0 Å². The van der Waals surface area contributed by atoms with Crippen LogP contribution in [0.3, 0.4) is 0 Å². The van der Waals surface area contributed by atoms with Gasteiger partial charge in [0.25, 0.3) is 0 Å². The fourth-order valence-corrected chi connectivity index (χ4v) is 2.63. The lowest BCUT2D eigenvalue weighted by Gasteiger charge is -2.01. The molecule has 0 saturated carbocycles. The van der Waals surface area contributed by atoms with Crippen LogP contribution in [-0.2, 0) is 0 Å². The van der Waals surface area contributed by atoms with Crippen molar-refractivity contribution in [3.8, 4) is 0 Å². The molecule has 0 aliphatic carbocycles. The lowest BCUT2D eigenvalue weighted by atomic mass is 10.0. The number of rotatable bonds is 2. The van der Waals surface area contributed by atoms with Crippen LogP contribution >= 0.6 is 11.3 Å². The normalized spacial score (nSPS) is 10.8. The molecule has 19 heavy (non-hydrogen) atoms. The minimum Gasteiger partial charge on any atom is -0.312 e. The van der Waals surface area contributed by atoms with E-state index in [0.717, 1.165) is 16.0 Å². The number of hydrogen-bond donors (Lipinski definition) is 1. The second-order valence-electron chi connectivity index (χ2n) is 4.06. The highest BCUT2D eigenvalue weighted by Gasteiger charge is 2.10. The molecule has 1 heterocycles. The van der Waals surface area contributed by atoms with E-state index in [1.807, 2.05) is 0 Å². The van der Waals surface area contributed by atoms with E-state index in [0.29, 0.717) is 16.6 Å². The van der Waals surface area contributed by atoms with Crippen LogP contribution < -0.4 is 4.87 Å². The van der Waals surface area contributed by atoms with Crippen molar-refractivity contribution < 1.29 is 9.18 Å². The smallest absolute Gasteiger partial charge is 0.305 e. The fourth-order valence-electron chi connectivity index (χ4n) is 1.85. The summed E-state index contributed by atoms with van der Waals surface area (Å²) in [7, 11) is 0. The van der Waals surface area contributed by atoms with Crippen molar-refractivity contribution in [2.24, 2.45) is 0 Å². The highest BCUT2D eigenvalue weighted by Crippen LogP contribution is 2.18. The molecule has 0 radical (unpaired) electrons. The number of benzene rings is 2. The molecule has 0 saturated heterocycles. The Bertz CT molecular complexity index is 817. The minimum atomic E-state index is -0.379. The molecule has 2 aromatic carbocycles. The summed E-state index contributed by atoms with van der Waals surface area (Å²) in [4.78, 5) is 25.9. The average Bonchev–Trinajstić information content (AvgIpc) is 2.77. The number of carbonyl (C=O) groups excluding carboxylic acids is 1. The van der Waals surface area contributed by atoms with Crippen molar-refractivity contribution >= 4 is 27.3 Å². The van der Waals surface area contributed by atoms with Crippen LogP contribution in [0.25, 0.3) is 10.2 Å². The third-order valence-electron chi connectivity index (χ3n) is 2.79. The molecule has 1 N–H and O–H groups in total. The van der Waals surface area contributed by atoms with Gasteiger partial charge in [-0.15, -0.1) is 0 Å². The molecule has 0 spiro atoms. The Morgan fingerprint density at radius 2 is 1.74 bits per heavy atom. The molecule has 5 heteroatoms. The number of carbonyl (C=O) groups is 1. The van der Waals surface area contributed by atoms with Gasteiger partial charge in [0, 0.05) is 11.1 Å². The number of halogens is 1. The van der Waals surface area contributed by atoms with Crippen molar-refractivity contribution in [3.63, 3.8) is 0 Å². The number of ketones is 1. The topological polar surface area (TPSA) is 49.9 Å². The second kappa shape index (κ2) is 4.44. The summed E-state index contributed by atoms with van der Waals surface area (Å²) in [6, 6.07) is 10.4. The lowest BCUT2D eigenvalue weighted by Crippen LogP contribution is -2.00. The van der Waals surface area contributed by atoms with E-state index in [-0.39, 0.29) is 16.5 Å². The Morgan fingerprint density at radius 1 is 1.05 bits per heavy atom. The molecule has 3 nitrogen and oxygen atoms in total. The van der Waals surface area contributed by atoms with Crippen LogP contribution in [0.4, 0.5) is 4.39 Å². The second-order valence-corrected chi connectivity index (χ2v) is 5.08. The monoisotopic (exact) mass is 273 g/mol. The molecule has 0 unspecified atom stereocenters. The summed E-state index contributed by atoms with van der Waals surface area (Å²) in [5.74, 6) is -0.571. The quantitative estimate of drug-likeness (QED) is 0.730. The summed E-state index contributed by atoms with van der Waals surface area (Å²) in [5, 5.41) is 0. The van der Waals surface area contributed by atoms with Gasteiger partial charge in [-0.2, -0.15) is 0 Å². The van der Waals surface area contributed by atoms with Gasteiger partial charge < -0.3 is 4.98 Å². The molecule has 0 aliphatic rings. The van der Waals surface area contributed by atoms with E-state index in [2.05, 4.69) is 4.98 Å². The third kappa shape index (κ3) is 2.20. The molecule has 0 fully saturated rings. The maximum Gasteiger partial charge on any atom is 0.305 e. The molecule has 94 valence electrons. The first kappa shape index (κ1) is 11.8. The predicted octanol–water partition coefficient (Wildman–Crippen LogP) is 2.96. The Kier molecular flexibility index (Phi) is 2.76. The molecule has 0 aliphatic heterocycles. The van der Waals surface area contributed by atoms with E-state index in [9.17, 15) is 14.0 Å².